The van der Waals surface area contributed by atoms with E-state index in [1.54, 1.807) is 29.7 Å². The van der Waals surface area contributed by atoms with E-state index in [2.05, 4.69) is 4.98 Å². The highest BCUT2D eigenvalue weighted by Gasteiger charge is 2.39. The maximum Gasteiger partial charge on any atom is 0.416 e. The molecule has 11 heteroatoms. The first-order chi connectivity index (χ1) is 15.1. The van der Waals surface area contributed by atoms with Gasteiger partial charge in [0.15, 0.2) is 0 Å². The number of nitrogens with one attached hydrogen (secondary N) is 1. The van der Waals surface area contributed by atoms with Crippen LogP contribution in [0.2, 0.25) is 0 Å². The Hall–Kier alpha value is -1.98. The molecule has 2 heterocycles. The fourth-order valence-corrected chi connectivity index (χ4v) is 6.44. The van der Waals surface area contributed by atoms with Crippen molar-refractivity contribution in [3.63, 3.8) is 0 Å². The van der Waals surface area contributed by atoms with Gasteiger partial charge in [-0.15, -0.1) is 0 Å². The summed E-state index contributed by atoms with van der Waals surface area (Å²) in [5.74, 6) is 1.02. The molecule has 2 aliphatic rings. The summed E-state index contributed by atoms with van der Waals surface area (Å²) in [6.45, 7) is 2.53. The molecule has 2 aromatic rings. The monoisotopic (exact) mass is 487 g/mol. The smallest absolute Gasteiger partial charge is 0.356 e. The Bertz CT molecular complexity index is 1090. The molecule has 1 unspecified atom stereocenters. The van der Waals surface area contributed by atoms with Crippen molar-refractivity contribution in [2.24, 2.45) is 0 Å². The van der Waals surface area contributed by atoms with Gasteiger partial charge in [-0.05, 0) is 43.5 Å². The first kappa shape index (κ1) is 23.2. The number of amides is 1. The van der Waals surface area contributed by atoms with Gasteiger partial charge in [0.1, 0.15) is 10.6 Å². The van der Waals surface area contributed by atoms with Crippen molar-refractivity contribution < 1.29 is 26.4 Å². The van der Waals surface area contributed by atoms with Crippen LogP contribution in [0.25, 0.3) is 0 Å². The first-order valence-corrected chi connectivity index (χ1v) is 12.9. The van der Waals surface area contributed by atoms with Crippen molar-refractivity contribution in [1.82, 2.24) is 14.2 Å². The fraction of sp³-hybridized carbons (Fsp3) is 0.476. The number of nitrogens with zero attached hydrogens (tertiary/aromatic N) is 2. The summed E-state index contributed by atoms with van der Waals surface area (Å²) in [6.07, 6.45) is -1.65. The van der Waals surface area contributed by atoms with E-state index < -0.39 is 33.7 Å². The summed E-state index contributed by atoms with van der Waals surface area (Å²) in [5, 5.41) is 0. The van der Waals surface area contributed by atoms with E-state index in [9.17, 15) is 26.4 Å². The minimum absolute atomic E-state index is 0.0234. The quantitative estimate of drug-likeness (QED) is 0.665. The number of hydrogen-bond acceptors (Lipinski definition) is 4. The van der Waals surface area contributed by atoms with Gasteiger partial charge in [0.2, 0.25) is 10.0 Å². The van der Waals surface area contributed by atoms with E-state index in [4.69, 9.17) is 0 Å². The van der Waals surface area contributed by atoms with Crippen LogP contribution in [0.15, 0.2) is 41.4 Å². The molecule has 0 radical (unpaired) electrons. The SMILES string of the molecule is CC(c1cccc(C(F)(F)F)c1)N(C(=O)c1cc(S(=O)(=O)N2CCSCC2)c[nH]1)C1CC1. The highest BCUT2D eigenvalue weighted by Crippen LogP contribution is 2.37. The number of hydrogen-bond donors (Lipinski definition) is 1. The predicted molar refractivity (Wildman–Crippen MR) is 116 cm³/mol. The minimum Gasteiger partial charge on any atom is -0.356 e. The number of alkyl halides is 3. The largest absolute Gasteiger partial charge is 0.416 e. The third-order valence-electron chi connectivity index (χ3n) is 5.78. The van der Waals surface area contributed by atoms with Gasteiger partial charge in [0.25, 0.3) is 5.91 Å². The molecule has 1 saturated heterocycles. The average molecular weight is 488 g/mol. The Morgan fingerprint density at radius 3 is 2.53 bits per heavy atom. The van der Waals surface area contributed by atoms with E-state index >= 15 is 0 Å². The highest BCUT2D eigenvalue weighted by molar-refractivity contribution is 7.99. The van der Waals surface area contributed by atoms with E-state index in [0.29, 0.717) is 18.7 Å². The lowest BCUT2D eigenvalue weighted by Crippen LogP contribution is -2.37. The van der Waals surface area contributed by atoms with Crippen molar-refractivity contribution in [2.45, 2.75) is 42.9 Å². The maximum absolute atomic E-state index is 13.3. The van der Waals surface area contributed by atoms with Gasteiger partial charge in [-0.2, -0.15) is 29.2 Å². The number of aromatic amines is 1. The number of rotatable bonds is 6. The molecule has 1 aliphatic heterocycles. The van der Waals surface area contributed by atoms with Crippen molar-refractivity contribution in [2.75, 3.05) is 24.6 Å². The zero-order valence-electron chi connectivity index (χ0n) is 17.4. The van der Waals surface area contributed by atoms with Crippen LogP contribution in [-0.4, -0.2) is 59.2 Å². The summed E-state index contributed by atoms with van der Waals surface area (Å²) in [7, 11) is -3.71. The van der Waals surface area contributed by atoms with Crippen LogP contribution < -0.4 is 0 Å². The second kappa shape index (κ2) is 8.75. The highest BCUT2D eigenvalue weighted by atomic mass is 32.2. The lowest BCUT2D eigenvalue weighted by molar-refractivity contribution is -0.137. The molecular formula is C21H24F3N3O3S2. The molecule has 1 saturated carbocycles. The third kappa shape index (κ3) is 4.69. The van der Waals surface area contributed by atoms with Crippen LogP contribution in [0.4, 0.5) is 13.2 Å². The van der Waals surface area contributed by atoms with Crippen molar-refractivity contribution in [3.8, 4) is 0 Å². The number of benzene rings is 1. The number of aromatic nitrogens is 1. The number of H-pyrrole nitrogens is 1. The summed E-state index contributed by atoms with van der Waals surface area (Å²) < 4.78 is 66.6. The van der Waals surface area contributed by atoms with Crippen LogP contribution in [0, 0.1) is 0 Å². The maximum atomic E-state index is 13.3. The molecule has 0 spiro atoms. The molecule has 1 N–H and O–H groups in total. The molecule has 4 rings (SSSR count). The molecule has 1 aromatic heterocycles. The van der Waals surface area contributed by atoms with Crippen LogP contribution >= 0.6 is 11.8 Å². The minimum atomic E-state index is -4.47. The number of carbonyl (C=O) groups excluding carboxylic acids is 1. The van der Waals surface area contributed by atoms with Gasteiger partial charge in [-0.3, -0.25) is 4.79 Å². The number of carbonyl (C=O) groups is 1. The van der Waals surface area contributed by atoms with Crippen molar-refractivity contribution >= 4 is 27.7 Å². The second-order valence-electron chi connectivity index (χ2n) is 8.01. The summed E-state index contributed by atoms with van der Waals surface area (Å²) in [4.78, 5) is 17.6. The topological polar surface area (TPSA) is 73.5 Å². The molecule has 2 fully saturated rings. The normalized spacial score (nSPS) is 19.0. The summed E-state index contributed by atoms with van der Waals surface area (Å²) in [5.41, 5.74) is -0.274. The number of thioether (sulfide) groups is 1. The standard InChI is InChI=1S/C21H24F3N3O3S2/c1-14(15-3-2-4-16(11-15)21(22,23)24)27(17-5-6-17)20(28)19-12-18(13-25-19)32(29,30)26-7-9-31-10-8-26/h2-4,11-14,17,25H,5-10H2,1H3. The summed E-state index contributed by atoms with van der Waals surface area (Å²) >= 11 is 1.69. The van der Waals surface area contributed by atoms with Gasteiger partial charge >= 0.3 is 6.18 Å². The Labute approximate surface area is 189 Å². The lowest BCUT2D eigenvalue weighted by atomic mass is 10.0. The van der Waals surface area contributed by atoms with Gasteiger partial charge in [-0.1, -0.05) is 12.1 Å². The van der Waals surface area contributed by atoms with E-state index in [-0.39, 0.29) is 16.6 Å². The molecule has 1 aliphatic carbocycles. The Kier molecular flexibility index (Phi) is 6.34. The third-order valence-corrected chi connectivity index (χ3v) is 8.60. The van der Waals surface area contributed by atoms with Gasteiger partial charge in [-0.25, -0.2) is 8.42 Å². The molecule has 6 nitrogen and oxygen atoms in total. The fourth-order valence-electron chi connectivity index (χ4n) is 3.87. The van der Waals surface area contributed by atoms with Crippen LogP contribution in [0.5, 0.6) is 0 Å². The average Bonchev–Trinajstić information content (AvgIpc) is 3.46. The first-order valence-electron chi connectivity index (χ1n) is 10.3. The predicted octanol–water partition coefficient (Wildman–Crippen LogP) is 4.14. The van der Waals surface area contributed by atoms with E-state index in [0.717, 1.165) is 36.5 Å². The Morgan fingerprint density at radius 1 is 1.22 bits per heavy atom. The van der Waals surface area contributed by atoms with Crippen LogP contribution in [-0.2, 0) is 16.2 Å². The van der Waals surface area contributed by atoms with E-state index in [1.165, 1.54) is 22.6 Å². The van der Waals surface area contributed by atoms with Crippen LogP contribution in [0.3, 0.4) is 0 Å². The van der Waals surface area contributed by atoms with Gasteiger partial charge in [0.05, 0.1) is 11.6 Å². The zero-order chi connectivity index (χ0) is 23.1. The summed E-state index contributed by atoms with van der Waals surface area (Å²) in [6, 6.07) is 5.61. The number of halogens is 3. The molecule has 174 valence electrons. The molecular weight excluding hydrogens is 463 g/mol. The van der Waals surface area contributed by atoms with E-state index in [1.807, 2.05) is 0 Å². The molecule has 32 heavy (non-hydrogen) atoms. The van der Waals surface area contributed by atoms with Crippen molar-refractivity contribution in [3.05, 3.63) is 53.3 Å². The second-order valence-corrected chi connectivity index (χ2v) is 11.2. The molecule has 1 atom stereocenters. The number of sulfonamides is 1. The zero-order valence-corrected chi connectivity index (χ0v) is 19.1. The Morgan fingerprint density at radius 2 is 1.91 bits per heavy atom. The molecule has 0 bridgehead atoms. The molecule has 1 aromatic carbocycles. The van der Waals surface area contributed by atoms with Crippen molar-refractivity contribution in [1.29, 1.82) is 0 Å². The molecule has 1 amide bonds. The lowest BCUT2D eigenvalue weighted by Gasteiger charge is -2.30. The van der Waals surface area contributed by atoms with Gasteiger partial charge < -0.3 is 9.88 Å². The Balaban J connectivity index is 1.59. The van der Waals surface area contributed by atoms with Gasteiger partial charge in [0, 0.05) is 36.8 Å². The van der Waals surface area contributed by atoms with Crippen LogP contribution in [0.1, 0.15) is 47.4 Å².